The second-order valence-electron chi connectivity index (χ2n) is 4.39. The number of allylic oxidation sites excluding steroid dienone is 1. The fourth-order valence-electron chi connectivity index (χ4n) is 2.46. The number of hydrogen-bond donors (Lipinski definition) is 1. The summed E-state index contributed by atoms with van der Waals surface area (Å²) < 4.78 is 13.1. The molecule has 0 saturated heterocycles. The van der Waals surface area contributed by atoms with Crippen LogP contribution in [0.3, 0.4) is 0 Å². The lowest BCUT2D eigenvalue weighted by atomic mass is 9.94. The van der Waals surface area contributed by atoms with E-state index < -0.39 is 0 Å². The zero-order chi connectivity index (χ0) is 11.5. The maximum Gasteiger partial charge on any atom is 0.123 e. The molecule has 2 heteroatoms. The number of hydrogen-bond acceptors (Lipinski definition) is 1. The quantitative estimate of drug-likeness (QED) is 0.767. The lowest BCUT2D eigenvalue weighted by molar-refractivity contribution is 0.617. The molecule has 16 heavy (non-hydrogen) atoms. The Morgan fingerprint density at radius 2 is 2.19 bits per heavy atom. The fraction of sp³-hybridized carbons (Fsp3) is 0.429. The molecular weight excluding hydrogens is 201 g/mol. The number of aryl methyl sites for hydroxylation is 1. The Hall–Kier alpha value is -1.15. The Morgan fingerprint density at radius 1 is 1.38 bits per heavy atom. The van der Waals surface area contributed by atoms with Crippen molar-refractivity contribution in [2.24, 2.45) is 0 Å². The van der Waals surface area contributed by atoms with Gasteiger partial charge in [-0.3, -0.25) is 0 Å². The highest BCUT2D eigenvalue weighted by Gasteiger charge is 2.18. The molecule has 2 rings (SSSR count). The van der Waals surface area contributed by atoms with Gasteiger partial charge in [0.2, 0.25) is 0 Å². The summed E-state index contributed by atoms with van der Waals surface area (Å²) in [6, 6.07) is 5.30. The molecule has 1 nitrogen and oxygen atoms in total. The van der Waals surface area contributed by atoms with E-state index in [9.17, 15) is 4.39 Å². The van der Waals surface area contributed by atoms with E-state index in [2.05, 4.69) is 11.4 Å². The molecule has 0 saturated carbocycles. The molecule has 0 aromatic heterocycles. The molecule has 0 bridgehead atoms. The van der Waals surface area contributed by atoms with Crippen LogP contribution in [0.15, 0.2) is 29.8 Å². The molecular formula is C14H18FN. The molecule has 86 valence electrons. The number of likely N-dealkylation sites (N-methyl/N-ethyl adjacent to an activating group) is 1. The van der Waals surface area contributed by atoms with Crippen LogP contribution in [0.2, 0.25) is 0 Å². The van der Waals surface area contributed by atoms with E-state index in [-0.39, 0.29) is 11.9 Å². The molecule has 0 amide bonds. The van der Waals surface area contributed by atoms with Gasteiger partial charge in [-0.2, -0.15) is 0 Å². The van der Waals surface area contributed by atoms with E-state index in [1.807, 2.05) is 20.0 Å². The minimum atomic E-state index is -0.156. The van der Waals surface area contributed by atoms with Gasteiger partial charge in [0.05, 0.1) is 6.04 Å². The first kappa shape index (κ1) is 11.3. The third kappa shape index (κ3) is 2.17. The number of rotatable bonds is 3. The average Bonchev–Trinajstić information content (AvgIpc) is 2.75. The van der Waals surface area contributed by atoms with Crippen molar-refractivity contribution >= 4 is 0 Å². The van der Waals surface area contributed by atoms with Crippen LogP contribution in [0, 0.1) is 12.7 Å². The van der Waals surface area contributed by atoms with Gasteiger partial charge in [0.1, 0.15) is 5.82 Å². The summed E-state index contributed by atoms with van der Waals surface area (Å²) in [6.07, 6.45) is 5.88. The van der Waals surface area contributed by atoms with Crippen molar-refractivity contribution < 1.29 is 4.39 Å². The van der Waals surface area contributed by atoms with Crippen LogP contribution in [-0.2, 0) is 0 Å². The van der Waals surface area contributed by atoms with Crippen molar-refractivity contribution in [3.05, 3.63) is 46.8 Å². The normalized spacial score (nSPS) is 17.3. The first-order valence-electron chi connectivity index (χ1n) is 5.84. The van der Waals surface area contributed by atoms with Gasteiger partial charge >= 0.3 is 0 Å². The zero-order valence-corrected chi connectivity index (χ0v) is 9.89. The first-order chi connectivity index (χ1) is 7.72. The molecule has 0 heterocycles. The monoisotopic (exact) mass is 219 g/mol. The molecule has 0 fully saturated rings. The molecule has 0 radical (unpaired) electrons. The summed E-state index contributed by atoms with van der Waals surface area (Å²) in [6.45, 7) is 1.97. The van der Waals surface area contributed by atoms with Crippen molar-refractivity contribution in [1.29, 1.82) is 0 Å². The van der Waals surface area contributed by atoms with E-state index in [0.717, 1.165) is 12.0 Å². The van der Waals surface area contributed by atoms with E-state index in [4.69, 9.17) is 0 Å². The van der Waals surface area contributed by atoms with Crippen LogP contribution in [0.25, 0.3) is 0 Å². The third-order valence-corrected chi connectivity index (χ3v) is 3.28. The Labute approximate surface area is 96.4 Å². The van der Waals surface area contributed by atoms with E-state index >= 15 is 0 Å². The molecule has 1 unspecified atom stereocenters. The van der Waals surface area contributed by atoms with Crippen molar-refractivity contribution in [3.63, 3.8) is 0 Å². The first-order valence-corrected chi connectivity index (χ1v) is 5.84. The third-order valence-electron chi connectivity index (χ3n) is 3.28. The molecule has 1 aromatic rings. The number of halogens is 1. The van der Waals surface area contributed by atoms with Gasteiger partial charge in [-0.25, -0.2) is 4.39 Å². The van der Waals surface area contributed by atoms with Crippen LogP contribution < -0.4 is 5.32 Å². The van der Waals surface area contributed by atoms with Crippen molar-refractivity contribution in [2.45, 2.75) is 32.2 Å². The summed E-state index contributed by atoms with van der Waals surface area (Å²) in [5.41, 5.74) is 3.65. The van der Waals surface area contributed by atoms with Crippen LogP contribution in [-0.4, -0.2) is 7.05 Å². The molecule has 0 spiro atoms. The van der Waals surface area contributed by atoms with Gasteiger partial charge < -0.3 is 5.32 Å². The summed E-state index contributed by atoms with van der Waals surface area (Å²) >= 11 is 0. The summed E-state index contributed by atoms with van der Waals surface area (Å²) in [7, 11) is 1.96. The van der Waals surface area contributed by atoms with Gasteiger partial charge in [0.25, 0.3) is 0 Å². The highest BCUT2D eigenvalue weighted by molar-refractivity contribution is 5.36. The molecule has 1 aliphatic rings. The predicted molar refractivity (Wildman–Crippen MR) is 64.9 cm³/mol. The summed E-state index contributed by atoms with van der Waals surface area (Å²) in [5.74, 6) is -0.156. The standard InChI is InChI=1S/C14H18FN/c1-10-9-12(15)7-8-13(10)14(16-2)11-5-3-4-6-11/h5,7-9,14,16H,3-4,6H2,1-2H3. The average molecular weight is 219 g/mol. The summed E-state index contributed by atoms with van der Waals surface area (Å²) in [5, 5.41) is 3.33. The molecule has 1 aromatic carbocycles. The van der Waals surface area contributed by atoms with Crippen LogP contribution in [0.1, 0.15) is 36.4 Å². The van der Waals surface area contributed by atoms with E-state index in [1.54, 1.807) is 12.1 Å². The van der Waals surface area contributed by atoms with Gasteiger partial charge in [-0.05, 0) is 56.5 Å². The Balaban J connectivity index is 2.32. The van der Waals surface area contributed by atoms with Crippen LogP contribution >= 0.6 is 0 Å². The zero-order valence-electron chi connectivity index (χ0n) is 9.89. The van der Waals surface area contributed by atoms with E-state index in [0.29, 0.717) is 0 Å². The fourth-order valence-corrected chi connectivity index (χ4v) is 2.46. The topological polar surface area (TPSA) is 12.0 Å². The number of benzene rings is 1. The van der Waals surface area contributed by atoms with Gasteiger partial charge in [0, 0.05) is 0 Å². The lowest BCUT2D eigenvalue weighted by Gasteiger charge is -2.20. The minimum Gasteiger partial charge on any atom is -0.310 e. The van der Waals surface area contributed by atoms with Crippen LogP contribution in [0.4, 0.5) is 4.39 Å². The SMILES string of the molecule is CNC(C1=CCCC1)c1ccc(F)cc1C. The number of nitrogens with one attached hydrogen (secondary N) is 1. The van der Waals surface area contributed by atoms with Crippen LogP contribution in [0.5, 0.6) is 0 Å². The Bertz CT molecular complexity index is 409. The van der Waals surface area contributed by atoms with E-state index in [1.165, 1.54) is 24.0 Å². The van der Waals surface area contributed by atoms with Gasteiger partial charge in [-0.15, -0.1) is 0 Å². The van der Waals surface area contributed by atoms with Gasteiger partial charge in [0.15, 0.2) is 0 Å². The largest absolute Gasteiger partial charge is 0.310 e. The predicted octanol–water partition coefficient (Wildman–Crippen LogP) is 3.50. The highest BCUT2D eigenvalue weighted by atomic mass is 19.1. The second-order valence-corrected chi connectivity index (χ2v) is 4.39. The smallest absolute Gasteiger partial charge is 0.123 e. The van der Waals surface area contributed by atoms with Crippen molar-refractivity contribution in [3.8, 4) is 0 Å². The summed E-state index contributed by atoms with van der Waals surface area (Å²) in [4.78, 5) is 0. The second kappa shape index (κ2) is 4.79. The lowest BCUT2D eigenvalue weighted by Crippen LogP contribution is -2.19. The van der Waals surface area contributed by atoms with Crippen molar-refractivity contribution in [2.75, 3.05) is 7.05 Å². The molecule has 1 aliphatic carbocycles. The minimum absolute atomic E-state index is 0.156. The van der Waals surface area contributed by atoms with Gasteiger partial charge in [-0.1, -0.05) is 17.7 Å². The molecule has 1 N–H and O–H groups in total. The molecule has 1 atom stereocenters. The Morgan fingerprint density at radius 3 is 2.75 bits per heavy atom. The highest BCUT2D eigenvalue weighted by Crippen LogP contribution is 2.31. The van der Waals surface area contributed by atoms with Crippen molar-refractivity contribution in [1.82, 2.24) is 5.32 Å². The Kier molecular flexibility index (Phi) is 3.39. The maximum absolute atomic E-state index is 13.1. The molecule has 0 aliphatic heterocycles. The maximum atomic E-state index is 13.1.